The lowest BCUT2D eigenvalue weighted by Gasteiger charge is -2.51. The molecule has 3 heterocycles. The van der Waals surface area contributed by atoms with Gasteiger partial charge < -0.3 is 14.2 Å². The van der Waals surface area contributed by atoms with Gasteiger partial charge in [-0.05, 0) is 30.7 Å². The van der Waals surface area contributed by atoms with Gasteiger partial charge in [-0.15, -0.1) is 0 Å². The van der Waals surface area contributed by atoms with Crippen LogP contribution in [-0.2, 0) is 7.05 Å². The lowest BCUT2D eigenvalue weighted by molar-refractivity contribution is 0.0540. The Morgan fingerprint density at radius 1 is 1.08 bits per heavy atom. The van der Waals surface area contributed by atoms with Crippen LogP contribution in [0.15, 0.2) is 53.3 Å². The molecule has 2 atom stereocenters. The maximum absolute atomic E-state index is 13.2. The third-order valence-electron chi connectivity index (χ3n) is 5.93. The number of fused-ring (bicyclic) bond motifs is 8. The number of nitrogens with zero attached hydrogens (tertiary/aromatic N) is 2. The van der Waals surface area contributed by atoms with Crippen molar-refractivity contribution < 1.29 is 4.74 Å². The summed E-state index contributed by atoms with van der Waals surface area (Å²) in [6.07, 6.45) is 0.779. The fourth-order valence-corrected chi connectivity index (χ4v) is 4.46. The summed E-state index contributed by atoms with van der Waals surface area (Å²) in [6.45, 7) is 2.12. The predicted octanol–water partition coefficient (Wildman–Crippen LogP) is 3.62. The Hall–Kier alpha value is -2.75. The van der Waals surface area contributed by atoms with E-state index in [2.05, 4.69) is 37.1 Å². The van der Waals surface area contributed by atoms with Gasteiger partial charge in [0.2, 0.25) is 0 Å². The third-order valence-corrected chi connectivity index (χ3v) is 5.93. The van der Waals surface area contributed by atoms with Crippen molar-refractivity contribution >= 4 is 16.6 Å². The normalized spacial score (nSPS) is 23.8. The molecule has 4 heteroatoms. The first kappa shape index (κ1) is 14.6. The Labute approximate surface area is 146 Å². The summed E-state index contributed by atoms with van der Waals surface area (Å²) in [5, 5.41) is 1.00. The molecule has 2 bridgehead atoms. The van der Waals surface area contributed by atoms with Gasteiger partial charge in [0.1, 0.15) is 5.75 Å². The standard InChI is InChI=1S/C21H20N2O2/c1-21-12-15(13-8-4-7-11-17(13)23(21)3)18-19(25-21)14-9-5-6-10-16(14)22(2)20(18)24/h4-11,15H,12H2,1-3H3/t15-,21+/m0/s1. The highest BCUT2D eigenvalue weighted by Gasteiger charge is 2.48. The van der Waals surface area contributed by atoms with Crippen molar-refractivity contribution in [2.45, 2.75) is 25.0 Å². The topological polar surface area (TPSA) is 34.5 Å². The van der Waals surface area contributed by atoms with Crippen LogP contribution in [0.2, 0.25) is 0 Å². The molecule has 2 aliphatic rings. The van der Waals surface area contributed by atoms with Gasteiger partial charge in [0.25, 0.3) is 5.56 Å². The molecule has 3 aromatic rings. The summed E-state index contributed by atoms with van der Waals surface area (Å²) in [5.74, 6) is 0.809. The number of ether oxygens (including phenoxy) is 1. The molecule has 0 radical (unpaired) electrons. The first-order valence-electron chi connectivity index (χ1n) is 8.65. The molecule has 25 heavy (non-hydrogen) atoms. The molecule has 0 aliphatic carbocycles. The van der Waals surface area contributed by atoms with E-state index in [4.69, 9.17) is 4.74 Å². The van der Waals surface area contributed by atoms with Crippen LogP contribution in [-0.4, -0.2) is 17.3 Å². The van der Waals surface area contributed by atoms with Gasteiger partial charge in [-0.3, -0.25) is 4.79 Å². The number of pyridine rings is 1. The highest BCUT2D eigenvalue weighted by Crippen LogP contribution is 2.52. The third kappa shape index (κ3) is 1.74. The summed E-state index contributed by atoms with van der Waals surface area (Å²) >= 11 is 0. The van der Waals surface area contributed by atoms with E-state index in [9.17, 15) is 4.79 Å². The molecule has 2 aliphatic heterocycles. The van der Waals surface area contributed by atoms with Crippen molar-refractivity contribution in [1.29, 1.82) is 0 Å². The first-order valence-corrected chi connectivity index (χ1v) is 8.65. The van der Waals surface area contributed by atoms with Gasteiger partial charge in [-0.25, -0.2) is 0 Å². The Kier molecular flexibility index (Phi) is 2.72. The summed E-state index contributed by atoms with van der Waals surface area (Å²) in [6, 6.07) is 16.3. The van der Waals surface area contributed by atoms with Crippen LogP contribution in [0.1, 0.15) is 30.4 Å². The molecule has 5 rings (SSSR count). The van der Waals surface area contributed by atoms with Crippen LogP contribution in [0.25, 0.3) is 10.9 Å². The lowest BCUT2D eigenvalue weighted by atomic mass is 9.77. The highest BCUT2D eigenvalue weighted by molar-refractivity contribution is 5.88. The molecule has 0 saturated carbocycles. The number of benzene rings is 2. The van der Waals surface area contributed by atoms with E-state index >= 15 is 0 Å². The predicted molar refractivity (Wildman–Crippen MR) is 99.5 cm³/mol. The van der Waals surface area contributed by atoms with E-state index in [1.165, 1.54) is 5.56 Å². The average Bonchev–Trinajstić information content (AvgIpc) is 2.64. The van der Waals surface area contributed by atoms with E-state index in [1.54, 1.807) is 4.57 Å². The van der Waals surface area contributed by atoms with Gasteiger partial charge in [0.15, 0.2) is 5.72 Å². The number of para-hydroxylation sites is 2. The SMILES string of the molecule is CN1c2ccccc2[C@@H]2C[C@@]1(C)Oc1c2c(=O)n(C)c2ccccc12. The number of aromatic nitrogens is 1. The second kappa shape index (κ2) is 4.66. The minimum absolute atomic E-state index is 0.0418. The second-order valence-corrected chi connectivity index (χ2v) is 7.28. The summed E-state index contributed by atoms with van der Waals surface area (Å²) in [7, 11) is 3.92. The molecular formula is C21H20N2O2. The minimum atomic E-state index is -0.457. The fraction of sp³-hybridized carbons (Fsp3) is 0.286. The molecule has 0 spiro atoms. The number of rotatable bonds is 0. The quantitative estimate of drug-likeness (QED) is 0.631. The molecular weight excluding hydrogens is 312 g/mol. The Morgan fingerprint density at radius 2 is 1.80 bits per heavy atom. The van der Waals surface area contributed by atoms with Gasteiger partial charge >= 0.3 is 0 Å². The van der Waals surface area contributed by atoms with Crippen molar-refractivity contribution in [2.24, 2.45) is 7.05 Å². The molecule has 4 nitrogen and oxygen atoms in total. The maximum Gasteiger partial charge on any atom is 0.258 e. The Bertz CT molecular complexity index is 1080. The van der Waals surface area contributed by atoms with E-state index in [1.807, 2.05) is 37.4 Å². The van der Waals surface area contributed by atoms with Crippen LogP contribution in [0.4, 0.5) is 5.69 Å². The molecule has 1 aromatic heterocycles. The van der Waals surface area contributed by atoms with Crippen LogP contribution >= 0.6 is 0 Å². The number of hydrogen-bond donors (Lipinski definition) is 0. The first-order chi connectivity index (χ1) is 12.0. The Balaban J connectivity index is 1.92. The highest BCUT2D eigenvalue weighted by atomic mass is 16.5. The van der Waals surface area contributed by atoms with Crippen molar-refractivity contribution in [2.75, 3.05) is 11.9 Å². The average molecular weight is 332 g/mol. The van der Waals surface area contributed by atoms with Crippen molar-refractivity contribution in [3.8, 4) is 5.75 Å². The van der Waals surface area contributed by atoms with Crippen LogP contribution in [0.5, 0.6) is 5.75 Å². The molecule has 0 unspecified atom stereocenters. The van der Waals surface area contributed by atoms with Gasteiger partial charge in [0, 0.05) is 37.5 Å². The van der Waals surface area contributed by atoms with Crippen LogP contribution < -0.4 is 15.2 Å². The molecule has 126 valence electrons. The summed E-state index contributed by atoms with van der Waals surface area (Å²) < 4.78 is 8.27. The Morgan fingerprint density at radius 3 is 2.64 bits per heavy atom. The number of anilines is 1. The van der Waals surface area contributed by atoms with Crippen molar-refractivity contribution in [3.63, 3.8) is 0 Å². The lowest BCUT2D eigenvalue weighted by Crippen LogP contribution is -2.56. The number of hydrogen-bond acceptors (Lipinski definition) is 3. The summed E-state index contributed by atoms with van der Waals surface area (Å²) in [4.78, 5) is 15.4. The second-order valence-electron chi connectivity index (χ2n) is 7.28. The number of aryl methyl sites for hydroxylation is 1. The zero-order valence-electron chi connectivity index (χ0n) is 14.6. The van der Waals surface area contributed by atoms with E-state index in [0.717, 1.165) is 34.3 Å². The van der Waals surface area contributed by atoms with Crippen LogP contribution in [0, 0.1) is 0 Å². The van der Waals surface area contributed by atoms with Crippen LogP contribution in [0.3, 0.4) is 0 Å². The zero-order chi connectivity index (χ0) is 17.3. The summed E-state index contributed by atoms with van der Waals surface area (Å²) in [5.41, 5.74) is 3.63. The molecule has 2 aromatic carbocycles. The minimum Gasteiger partial charge on any atom is -0.467 e. The molecule has 0 amide bonds. The van der Waals surface area contributed by atoms with Gasteiger partial charge in [-0.2, -0.15) is 0 Å². The fourth-order valence-electron chi connectivity index (χ4n) is 4.46. The smallest absolute Gasteiger partial charge is 0.258 e. The molecule has 0 saturated heterocycles. The van der Waals surface area contributed by atoms with E-state index in [-0.39, 0.29) is 11.5 Å². The van der Waals surface area contributed by atoms with Gasteiger partial charge in [-0.1, -0.05) is 30.3 Å². The zero-order valence-corrected chi connectivity index (χ0v) is 14.6. The monoisotopic (exact) mass is 332 g/mol. The molecule has 0 N–H and O–H groups in total. The molecule has 0 fully saturated rings. The largest absolute Gasteiger partial charge is 0.467 e. The maximum atomic E-state index is 13.2. The van der Waals surface area contributed by atoms with Crippen molar-refractivity contribution in [1.82, 2.24) is 4.57 Å². The van der Waals surface area contributed by atoms with E-state index in [0.29, 0.717) is 0 Å². The van der Waals surface area contributed by atoms with Crippen molar-refractivity contribution in [3.05, 3.63) is 70.0 Å². The van der Waals surface area contributed by atoms with E-state index < -0.39 is 5.72 Å². The van der Waals surface area contributed by atoms with Gasteiger partial charge in [0.05, 0.1) is 11.1 Å².